The number of hydrogen-bond acceptors (Lipinski definition) is 6. The summed E-state index contributed by atoms with van der Waals surface area (Å²) in [4.78, 5) is 19.2. The van der Waals surface area contributed by atoms with Gasteiger partial charge in [-0.3, -0.25) is 9.78 Å². The number of pyridine rings is 1. The number of fused-ring (bicyclic) bond motifs is 1. The zero-order valence-electron chi connectivity index (χ0n) is 24.4. The molecule has 0 unspecified atom stereocenters. The van der Waals surface area contributed by atoms with Gasteiger partial charge < -0.3 is 19.5 Å². The fraction of sp³-hybridized carbons (Fsp3) is 0.367. The van der Waals surface area contributed by atoms with Crippen molar-refractivity contribution in [2.24, 2.45) is 0 Å². The molecule has 4 rings (SSSR count). The quantitative estimate of drug-likeness (QED) is 0.159. The largest absolute Gasteiger partial charge is 0.493 e. The minimum Gasteiger partial charge on any atom is -0.493 e. The molecule has 224 valence electrons. The third-order valence-corrected chi connectivity index (χ3v) is 8.40. The van der Waals surface area contributed by atoms with Gasteiger partial charge in [-0.25, -0.2) is 17.9 Å². The van der Waals surface area contributed by atoms with E-state index in [1.165, 1.54) is 11.0 Å². The van der Waals surface area contributed by atoms with E-state index in [-0.39, 0.29) is 48.9 Å². The van der Waals surface area contributed by atoms with Crippen LogP contribution in [0.2, 0.25) is 25.7 Å². The van der Waals surface area contributed by atoms with Gasteiger partial charge in [-0.05, 0) is 42.8 Å². The molecule has 0 aliphatic carbocycles. The average molecular weight is 601 g/mol. The standard InChI is InChI=1S/C30H35F3N4O4Si/c1-6-41-27-12-20(11-25(33)28(27)19-9-22(31)13-23(32)10-19)30(39)36(2)16-21-14-34-26(17-38)24-15-35-37(29(21)24)18-40-7-8-42(3,4)5/h9-15,38H,6-8,16-18H2,1-5H3. The molecular formula is C30H35F3N4O4Si. The van der Waals surface area contributed by atoms with Gasteiger partial charge in [0.15, 0.2) is 0 Å². The monoisotopic (exact) mass is 600 g/mol. The first kappa shape index (κ1) is 31.2. The lowest BCUT2D eigenvalue weighted by Gasteiger charge is -2.20. The van der Waals surface area contributed by atoms with Crippen LogP contribution in [-0.2, 0) is 24.6 Å². The van der Waals surface area contributed by atoms with Gasteiger partial charge in [0.1, 0.15) is 29.9 Å². The Morgan fingerprint density at radius 2 is 1.79 bits per heavy atom. The van der Waals surface area contributed by atoms with Crippen LogP contribution in [-0.4, -0.2) is 59.0 Å². The number of benzene rings is 2. The number of aliphatic hydroxyl groups excluding tert-OH is 1. The van der Waals surface area contributed by atoms with Gasteiger partial charge in [0.2, 0.25) is 0 Å². The molecule has 0 radical (unpaired) electrons. The minimum absolute atomic E-state index is 0.00144. The number of hydrogen-bond donors (Lipinski definition) is 1. The van der Waals surface area contributed by atoms with Crippen molar-refractivity contribution in [1.82, 2.24) is 19.7 Å². The third-order valence-electron chi connectivity index (χ3n) is 6.70. The number of amides is 1. The third kappa shape index (κ3) is 7.17. The highest BCUT2D eigenvalue weighted by molar-refractivity contribution is 6.76. The van der Waals surface area contributed by atoms with Crippen LogP contribution in [0, 0.1) is 17.5 Å². The fourth-order valence-corrected chi connectivity index (χ4v) is 5.35. The molecule has 0 saturated heterocycles. The summed E-state index contributed by atoms with van der Waals surface area (Å²) in [5, 5.41) is 14.9. The van der Waals surface area contributed by atoms with Crippen LogP contribution in [0.15, 0.2) is 42.7 Å². The van der Waals surface area contributed by atoms with Crippen molar-refractivity contribution in [3.8, 4) is 16.9 Å². The number of rotatable bonds is 12. The smallest absolute Gasteiger partial charge is 0.254 e. The number of aliphatic hydroxyl groups is 1. The highest BCUT2D eigenvalue weighted by Crippen LogP contribution is 2.35. The molecule has 0 aliphatic rings. The Morgan fingerprint density at radius 1 is 1.07 bits per heavy atom. The summed E-state index contributed by atoms with van der Waals surface area (Å²) in [7, 11) is 0.285. The van der Waals surface area contributed by atoms with Crippen molar-refractivity contribution in [3.63, 3.8) is 0 Å². The molecular weight excluding hydrogens is 565 g/mol. The van der Waals surface area contributed by atoms with E-state index in [1.54, 1.807) is 31.0 Å². The van der Waals surface area contributed by atoms with Crippen molar-refractivity contribution in [2.45, 2.75) is 52.5 Å². The van der Waals surface area contributed by atoms with Gasteiger partial charge in [0.25, 0.3) is 5.91 Å². The molecule has 8 nitrogen and oxygen atoms in total. The second-order valence-corrected chi connectivity index (χ2v) is 16.8. The molecule has 4 aromatic rings. The molecule has 0 fully saturated rings. The first-order chi connectivity index (χ1) is 19.9. The first-order valence-corrected chi connectivity index (χ1v) is 17.3. The van der Waals surface area contributed by atoms with Crippen LogP contribution < -0.4 is 4.74 Å². The van der Waals surface area contributed by atoms with Crippen molar-refractivity contribution < 1.29 is 32.5 Å². The molecule has 12 heteroatoms. The maximum Gasteiger partial charge on any atom is 0.254 e. The van der Waals surface area contributed by atoms with Crippen LogP contribution >= 0.6 is 0 Å². The lowest BCUT2D eigenvalue weighted by Crippen LogP contribution is -2.27. The molecule has 0 bridgehead atoms. The topological polar surface area (TPSA) is 89.7 Å². The molecule has 0 aliphatic heterocycles. The second-order valence-electron chi connectivity index (χ2n) is 11.2. The summed E-state index contributed by atoms with van der Waals surface area (Å²) in [5.74, 6) is -3.10. The molecule has 1 N–H and O–H groups in total. The van der Waals surface area contributed by atoms with Gasteiger partial charge in [-0.1, -0.05) is 19.6 Å². The van der Waals surface area contributed by atoms with Crippen LogP contribution in [0.3, 0.4) is 0 Å². The number of nitrogens with zero attached hydrogens (tertiary/aromatic N) is 4. The number of ether oxygens (including phenoxy) is 2. The maximum absolute atomic E-state index is 15.4. The van der Waals surface area contributed by atoms with Crippen molar-refractivity contribution in [3.05, 3.63) is 77.0 Å². The lowest BCUT2D eigenvalue weighted by atomic mass is 10.0. The second kappa shape index (κ2) is 13.1. The average Bonchev–Trinajstić information content (AvgIpc) is 3.34. The van der Waals surface area contributed by atoms with E-state index in [2.05, 4.69) is 29.7 Å². The molecule has 1 amide bonds. The highest BCUT2D eigenvalue weighted by atomic mass is 28.3. The van der Waals surface area contributed by atoms with Crippen LogP contribution in [0.1, 0.15) is 28.5 Å². The molecule has 2 aromatic heterocycles. The lowest BCUT2D eigenvalue weighted by molar-refractivity contribution is 0.0780. The minimum atomic E-state index is -1.28. The Balaban J connectivity index is 1.63. The molecule has 0 saturated carbocycles. The van der Waals surface area contributed by atoms with E-state index < -0.39 is 31.4 Å². The molecule has 2 heterocycles. The zero-order valence-corrected chi connectivity index (χ0v) is 25.4. The summed E-state index contributed by atoms with van der Waals surface area (Å²) in [6.07, 6.45) is 3.19. The Bertz CT molecular complexity index is 1570. The van der Waals surface area contributed by atoms with E-state index in [0.29, 0.717) is 34.8 Å². The van der Waals surface area contributed by atoms with Crippen LogP contribution in [0.4, 0.5) is 13.2 Å². The summed E-state index contributed by atoms with van der Waals surface area (Å²) in [6, 6.07) is 6.08. The Morgan fingerprint density at radius 3 is 2.43 bits per heavy atom. The molecule has 0 atom stereocenters. The zero-order chi connectivity index (χ0) is 30.6. The fourth-order valence-electron chi connectivity index (χ4n) is 4.59. The first-order valence-electron chi connectivity index (χ1n) is 13.6. The van der Waals surface area contributed by atoms with E-state index in [1.807, 2.05) is 0 Å². The van der Waals surface area contributed by atoms with Gasteiger partial charge >= 0.3 is 0 Å². The van der Waals surface area contributed by atoms with Gasteiger partial charge in [-0.15, -0.1) is 0 Å². The van der Waals surface area contributed by atoms with Crippen LogP contribution in [0.5, 0.6) is 5.75 Å². The Hall–Kier alpha value is -3.74. The van der Waals surface area contributed by atoms with E-state index >= 15 is 4.39 Å². The van der Waals surface area contributed by atoms with E-state index in [0.717, 1.165) is 24.2 Å². The summed E-state index contributed by atoms with van der Waals surface area (Å²) < 4.78 is 56.3. The molecule has 2 aromatic carbocycles. The molecule has 42 heavy (non-hydrogen) atoms. The van der Waals surface area contributed by atoms with Gasteiger partial charge in [0, 0.05) is 57.0 Å². The van der Waals surface area contributed by atoms with Crippen molar-refractivity contribution in [2.75, 3.05) is 20.3 Å². The summed E-state index contributed by atoms with van der Waals surface area (Å²) >= 11 is 0. The number of halogens is 3. The summed E-state index contributed by atoms with van der Waals surface area (Å²) in [6.45, 7) is 9.22. The Labute approximate surface area is 243 Å². The number of carbonyl (C=O) groups excluding carboxylic acids is 1. The predicted octanol–water partition coefficient (Wildman–Crippen LogP) is 5.99. The number of aromatic nitrogens is 3. The number of carbonyl (C=O) groups is 1. The molecule has 0 spiro atoms. The van der Waals surface area contributed by atoms with Crippen molar-refractivity contribution in [1.29, 1.82) is 0 Å². The maximum atomic E-state index is 15.4. The Kier molecular flexibility index (Phi) is 9.70. The van der Waals surface area contributed by atoms with E-state index in [9.17, 15) is 18.7 Å². The van der Waals surface area contributed by atoms with Crippen molar-refractivity contribution >= 4 is 24.9 Å². The van der Waals surface area contributed by atoms with Gasteiger partial charge in [-0.2, -0.15) is 5.10 Å². The highest BCUT2D eigenvalue weighted by Gasteiger charge is 2.23. The van der Waals surface area contributed by atoms with Crippen LogP contribution in [0.25, 0.3) is 22.0 Å². The summed E-state index contributed by atoms with van der Waals surface area (Å²) in [5.41, 5.74) is 1.59. The van der Waals surface area contributed by atoms with Gasteiger partial charge in [0.05, 0.1) is 36.2 Å². The predicted molar refractivity (Wildman–Crippen MR) is 156 cm³/mol. The van der Waals surface area contributed by atoms with E-state index in [4.69, 9.17) is 9.47 Å². The normalized spacial score (nSPS) is 11.7. The SMILES string of the molecule is CCOc1cc(C(=O)N(C)Cc2cnc(CO)c3cnn(COCC[Si](C)(C)C)c23)cc(F)c1-c1cc(F)cc(F)c1.